The van der Waals surface area contributed by atoms with E-state index in [0.29, 0.717) is 24.8 Å². The molecule has 1 aromatic rings. The maximum absolute atomic E-state index is 6.22. The second kappa shape index (κ2) is 7.46. The molecule has 1 saturated heterocycles. The Kier molecular flexibility index (Phi) is 5.92. The van der Waals surface area contributed by atoms with Gasteiger partial charge in [0.1, 0.15) is 0 Å². The summed E-state index contributed by atoms with van der Waals surface area (Å²) in [5.41, 5.74) is 1.04. The summed E-state index contributed by atoms with van der Waals surface area (Å²) in [6.07, 6.45) is 0.838. The summed E-state index contributed by atoms with van der Waals surface area (Å²) in [6.45, 7) is 4.90. The average Bonchev–Trinajstić information content (AvgIpc) is 2.43. The number of nitrogens with one attached hydrogen (secondary N) is 1. The van der Waals surface area contributed by atoms with Crippen LogP contribution in [0.5, 0.6) is 0 Å². The fourth-order valence-electron chi connectivity index (χ4n) is 2.27. The standard InChI is InChI=1S/C14H19Cl2NO2/c1-2-17-13(14-9-18-5-6-19-14)8-10-7-11(15)3-4-12(10)16/h3-4,7,13-14,17H,2,5-6,8-9H2,1H3. The van der Waals surface area contributed by atoms with Gasteiger partial charge in [0.05, 0.1) is 25.9 Å². The normalized spacial score (nSPS) is 21.3. The van der Waals surface area contributed by atoms with Crippen LogP contribution in [0.2, 0.25) is 10.0 Å². The van der Waals surface area contributed by atoms with E-state index in [9.17, 15) is 0 Å². The van der Waals surface area contributed by atoms with E-state index in [-0.39, 0.29) is 12.1 Å². The monoisotopic (exact) mass is 303 g/mol. The largest absolute Gasteiger partial charge is 0.376 e. The lowest BCUT2D eigenvalue weighted by Gasteiger charge is -2.31. The van der Waals surface area contributed by atoms with Gasteiger partial charge in [-0.1, -0.05) is 30.1 Å². The molecule has 0 aromatic heterocycles. The van der Waals surface area contributed by atoms with Gasteiger partial charge in [-0.3, -0.25) is 0 Å². The van der Waals surface area contributed by atoms with Crippen LogP contribution in [-0.4, -0.2) is 38.5 Å². The molecule has 5 heteroatoms. The fourth-order valence-corrected chi connectivity index (χ4v) is 2.66. The summed E-state index contributed by atoms with van der Waals surface area (Å²) in [7, 11) is 0. The highest BCUT2D eigenvalue weighted by molar-refractivity contribution is 6.33. The van der Waals surface area contributed by atoms with Gasteiger partial charge in [0, 0.05) is 16.1 Å². The van der Waals surface area contributed by atoms with E-state index < -0.39 is 0 Å². The Bertz CT molecular complexity index is 408. The molecule has 106 valence electrons. The van der Waals surface area contributed by atoms with Crippen LogP contribution in [0.1, 0.15) is 12.5 Å². The number of rotatable bonds is 5. The van der Waals surface area contributed by atoms with Crippen molar-refractivity contribution in [1.82, 2.24) is 5.32 Å². The van der Waals surface area contributed by atoms with Gasteiger partial charge in [-0.2, -0.15) is 0 Å². The summed E-state index contributed by atoms with van der Waals surface area (Å²) in [5.74, 6) is 0. The predicted molar refractivity (Wildman–Crippen MR) is 78.2 cm³/mol. The molecular formula is C14H19Cl2NO2. The van der Waals surface area contributed by atoms with Crippen molar-refractivity contribution in [3.8, 4) is 0 Å². The van der Waals surface area contributed by atoms with E-state index in [4.69, 9.17) is 32.7 Å². The molecule has 2 atom stereocenters. The van der Waals surface area contributed by atoms with Crippen LogP contribution >= 0.6 is 23.2 Å². The van der Waals surface area contributed by atoms with Crippen molar-refractivity contribution < 1.29 is 9.47 Å². The quantitative estimate of drug-likeness (QED) is 0.907. The van der Waals surface area contributed by atoms with Crippen molar-refractivity contribution in [1.29, 1.82) is 0 Å². The van der Waals surface area contributed by atoms with E-state index in [1.807, 2.05) is 12.1 Å². The third-order valence-corrected chi connectivity index (χ3v) is 3.81. The molecule has 1 fully saturated rings. The van der Waals surface area contributed by atoms with Gasteiger partial charge in [0.25, 0.3) is 0 Å². The molecule has 0 radical (unpaired) electrons. The molecular weight excluding hydrogens is 285 g/mol. The van der Waals surface area contributed by atoms with E-state index in [2.05, 4.69) is 12.2 Å². The highest BCUT2D eigenvalue weighted by atomic mass is 35.5. The van der Waals surface area contributed by atoms with E-state index in [1.54, 1.807) is 6.07 Å². The van der Waals surface area contributed by atoms with Crippen LogP contribution in [0.3, 0.4) is 0 Å². The predicted octanol–water partition coefficient (Wildman–Crippen LogP) is 2.93. The molecule has 2 unspecified atom stereocenters. The second-order valence-corrected chi connectivity index (χ2v) is 5.43. The topological polar surface area (TPSA) is 30.5 Å². The van der Waals surface area contributed by atoms with Crippen molar-refractivity contribution in [2.75, 3.05) is 26.4 Å². The molecule has 0 saturated carbocycles. The van der Waals surface area contributed by atoms with Crippen molar-refractivity contribution in [2.45, 2.75) is 25.5 Å². The number of likely N-dealkylation sites (N-methyl/N-ethyl adjacent to an activating group) is 1. The summed E-state index contributed by atoms with van der Waals surface area (Å²) in [6, 6.07) is 5.73. The Morgan fingerprint density at radius 1 is 1.37 bits per heavy atom. The lowest BCUT2D eigenvalue weighted by molar-refractivity contribution is -0.101. The average molecular weight is 304 g/mol. The number of ether oxygens (including phenoxy) is 2. The molecule has 0 spiro atoms. The van der Waals surface area contributed by atoms with Gasteiger partial charge in [0.2, 0.25) is 0 Å². The van der Waals surface area contributed by atoms with Gasteiger partial charge in [0.15, 0.2) is 0 Å². The van der Waals surface area contributed by atoms with Crippen molar-refractivity contribution in [3.63, 3.8) is 0 Å². The first-order valence-electron chi connectivity index (χ1n) is 6.57. The maximum atomic E-state index is 6.22. The van der Waals surface area contributed by atoms with Gasteiger partial charge in [-0.05, 0) is 36.7 Å². The SMILES string of the molecule is CCNC(Cc1cc(Cl)ccc1Cl)C1COCCO1. The van der Waals surface area contributed by atoms with Crippen LogP contribution in [0, 0.1) is 0 Å². The molecule has 19 heavy (non-hydrogen) atoms. The molecule has 1 aromatic carbocycles. The zero-order valence-corrected chi connectivity index (χ0v) is 12.5. The van der Waals surface area contributed by atoms with Gasteiger partial charge in [-0.25, -0.2) is 0 Å². The molecule has 0 amide bonds. The van der Waals surface area contributed by atoms with Crippen molar-refractivity contribution in [3.05, 3.63) is 33.8 Å². The molecule has 2 rings (SSSR count). The molecule has 1 aliphatic rings. The Hall–Kier alpha value is -0.320. The number of hydrogen-bond acceptors (Lipinski definition) is 3. The first-order valence-corrected chi connectivity index (χ1v) is 7.33. The smallest absolute Gasteiger partial charge is 0.0965 e. The van der Waals surface area contributed by atoms with E-state index >= 15 is 0 Å². The highest BCUT2D eigenvalue weighted by Crippen LogP contribution is 2.23. The Labute approximate surface area is 124 Å². The lowest BCUT2D eigenvalue weighted by atomic mass is 10.0. The number of halogens is 2. The molecule has 1 aliphatic heterocycles. The zero-order chi connectivity index (χ0) is 13.7. The molecule has 0 bridgehead atoms. The van der Waals surface area contributed by atoms with E-state index in [1.165, 1.54) is 0 Å². The third-order valence-electron chi connectivity index (χ3n) is 3.20. The Morgan fingerprint density at radius 3 is 2.89 bits per heavy atom. The van der Waals surface area contributed by atoms with Gasteiger partial charge < -0.3 is 14.8 Å². The highest BCUT2D eigenvalue weighted by Gasteiger charge is 2.25. The zero-order valence-electron chi connectivity index (χ0n) is 11.0. The summed E-state index contributed by atoms with van der Waals surface area (Å²) in [4.78, 5) is 0. The molecule has 3 nitrogen and oxygen atoms in total. The third kappa shape index (κ3) is 4.33. The number of benzene rings is 1. The minimum atomic E-state index is 0.0590. The number of hydrogen-bond donors (Lipinski definition) is 1. The van der Waals surface area contributed by atoms with Crippen LogP contribution in [0.15, 0.2) is 18.2 Å². The fraction of sp³-hybridized carbons (Fsp3) is 0.571. The van der Waals surface area contributed by atoms with Crippen LogP contribution in [0.4, 0.5) is 0 Å². The first kappa shape index (κ1) is 15.1. The van der Waals surface area contributed by atoms with Crippen molar-refractivity contribution >= 4 is 23.2 Å². The first-order chi connectivity index (χ1) is 9.20. The minimum Gasteiger partial charge on any atom is -0.376 e. The van der Waals surface area contributed by atoms with Crippen LogP contribution in [-0.2, 0) is 15.9 Å². The van der Waals surface area contributed by atoms with Gasteiger partial charge >= 0.3 is 0 Å². The maximum Gasteiger partial charge on any atom is 0.0965 e. The minimum absolute atomic E-state index is 0.0590. The van der Waals surface area contributed by atoms with E-state index in [0.717, 1.165) is 23.6 Å². The molecule has 1 heterocycles. The summed E-state index contributed by atoms with van der Waals surface area (Å²) >= 11 is 12.2. The lowest BCUT2D eigenvalue weighted by Crippen LogP contribution is -2.47. The van der Waals surface area contributed by atoms with Crippen LogP contribution < -0.4 is 5.32 Å². The van der Waals surface area contributed by atoms with Crippen LogP contribution in [0.25, 0.3) is 0 Å². The Morgan fingerprint density at radius 2 is 2.21 bits per heavy atom. The van der Waals surface area contributed by atoms with Gasteiger partial charge in [-0.15, -0.1) is 0 Å². The van der Waals surface area contributed by atoms with Crippen molar-refractivity contribution in [2.24, 2.45) is 0 Å². The summed E-state index contributed by atoms with van der Waals surface area (Å²) in [5, 5.41) is 4.88. The molecule has 1 N–H and O–H groups in total. The second-order valence-electron chi connectivity index (χ2n) is 4.59. The summed E-state index contributed by atoms with van der Waals surface area (Å²) < 4.78 is 11.2. The Balaban J connectivity index is 2.08. The molecule has 0 aliphatic carbocycles.